The van der Waals surface area contributed by atoms with E-state index in [2.05, 4.69) is 4.98 Å². The van der Waals surface area contributed by atoms with E-state index in [1.54, 1.807) is 0 Å². The maximum Gasteiger partial charge on any atom is 0.401 e. The molecule has 1 heterocycles. The third-order valence-electron chi connectivity index (χ3n) is 3.39. The molecule has 1 fully saturated rings. The van der Waals surface area contributed by atoms with E-state index < -0.39 is 18.5 Å². The molecular formula is C13H16F4N2. The van der Waals surface area contributed by atoms with Gasteiger partial charge in [0, 0.05) is 24.8 Å². The molecule has 0 aromatic carbocycles. The van der Waals surface area contributed by atoms with Crippen molar-refractivity contribution in [3.8, 4) is 0 Å². The van der Waals surface area contributed by atoms with Gasteiger partial charge in [-0.3, -0.25) is 9.88 Å². The van der Waals surface area contributed by atoms with E-state index in [0.717, 1.165) is 25.5 Å². The average molecular weight is 276 g/mol. The number of hydrogen-bond acceptors (Lipinski definition) is 2. The van der Waals surface area contributed by atoms with Crippen molar-refractivity contribution in [2.75, 3.05) is 13.1 Å². The number of pyridine rings is 1. The Morgan fingerprint density at radius 2 is 2.05 bits per heavy atom. The van der Waals surface area contributed by atoms with Crippen molar-refractivity contribution in [3.63, 3.8) is 0 Å². The maximum absolute atomic E-state index is 13.4. The molecule has 1 aliphatic rings. The lowest BCUT2D eigenvalue weighted by Crippen LogP contribution is -2.38. The molecule has 2 nitrogen and oxygen atoms in total. The van der Waals surface area contributed by atoms with Crippen LogP contribution >= 0.6 is 0 Å². The van der Waals surface area contributed by atoms with Crippen LogP contribution < -0.4 is 0 Å². The summed E-state index contributed by atoms with van der Waals surface area (Å²) < 4.78 is 51.0. The summed E-state index contributed by atoms with van der Waals surface area (Å²) in [5.74, 6) is -0.240. The average Bonchev–Trinajstić information content (AvgIpc) is 2.24. The van der Waals surface area contributed by atoms with E-state index in [1.165, 1.54) is 17.2 Å². The van der Waals surface area contributed by atoms with Gasteiger partial charge in [-0.2, -0.15) is 13.2 Å². The molecule has 106 valence electrons. The minimum Gasteiger partial charge on any atom is -0.290 e. The zero-order valence-electron chi connectivity index (χ0n) is 10.5. The molecule has 6 heteroatoms. The first-order chi connectivity index (χ1) is 8.94. The summed E-state index contributed by atoms with van der Waals surface area (Å²) in [6.45, 7) is -0.642. The number of hydrogen-bond donors (Lipinski definition) is 0. The maximum atomic E-state index is 13.4. The number of nitrogens with zero attached hydrogens (tertiary/aromatic N) is 2. The largest absolute Gasteiger partial charge is 0.401 e. The van der Waals surface area contributed by atoms with Crippen molar-refractivity contribution in [3.05, 3.63) is 29.8 Å². The summed E-state index contributed by atoms with van der Waals surface area (Å²) in [7, 11) is 0. The van der Waals surface area contributed by atoms with Crippen LogP contribution in [0, 0.1) is 11.7 Å². The zero-order valence-corrected chi connectivity index (χ0v) is 10.5. The van der Waals surface area contributed by atoms with Gasteiger partial charge in [-0.15, -0.1) is 0 Å². The minimum absolute atomic E-state index is 0.0234. The Morgan fingerprint density at radius 1 is 1.32 bits per heavy atom. The second-order valence-electron chi connectivity index (χ2n) is 5.05. The Hall–Kier alpha value is -1.17. The van der Waals surface area contributed by atoms with Crippen molar-refractivity contribution >= 4 is 0 Å². The standard InChI is InChI=1S/C13H16F4N2/c14-12-6-18-5-4-11(12)8-19(9-13(15,16)17)7-10-2-1-3-10/h4-6,10H,1-3,7-9H2. The van der Waals surface area contributed by atoms with Gasteiger partial charge in [0.25, 0.3) is 0 Å². The van der Waals surface area contributed by atoms with Crippen molar-refractivity contribution in [1.82, 2.24) is 9.88 Å². The van der Waals surface area contributed by atoms with Crippen LogP contribution in [-0.4, -0.2) is 29.1 Å². The van der Waals surface area contributed by atoms with Crippen LogP contribution in [0.15, 0.2) is 18.5 Å². The molecule has 19 heavy (non-hydrogen) atoms. The molecule has 0 N–H and O–H groups in total. The monoisotopic (exact) mass is 276 g/mol. The number of alkyl halides is 3. The van der Waals surface area contributed by atoms with E-state index in [1.807, 2.05) is 0 Å². The predicted molar refractivity (Wildman–Crippen MR) is 62.9 cm³/mol. The fourth-order valence-corrected chi connectivity index (χ4v) is 2.25. The van der Waals surface area contributed by atoms with Gasteiger partial charge in [0.15, 0.2) is 0 Å². The molecule has 1 aliphatic carbocycles. The highest BCUT2D eigenvalue weighted by Crippen LogP contribution is 2.29. The highest BCUT2D eigenvalue weighted by Gasteiger charge is 2.32. The molecule has 0 aliphatic heterocycles. The van der Waals surface area contributed by atoms with Crippen molar-refractivity contribution in [2.24, 2.45) is 5.92 Å². The fourth-order valence-electron chi connectivity index (χ4n) is 2.25. The topological polar surface area (TPSA) is 16.1 Å². The van der Waals surface area contributed by atoms with Crippen LogP contribution in [0.3, 0.4) is 0 Å². The first kappa shape index (κ1) is 14.2. The smallest absolute Gasteiger partial charge is 0.290 e. The van der Waals surface area contributed by atoms with Gasteiger partial charge in [0.2, 0.25) is 0 Å². The second kappa shape index (κ2) is 5.86. The van der Waals surface area contributed by atoms with E-state index in [-0.39, 0.29) is 12.1 Å². The lowest BCUT2D eigenvalue weighted by molar-refractivity contribution is -0.149. The van der Waals surface area contributed by atoms with Gasteiger partial charge in [-0.25, -0.2) is 4.39 Å². The molecule has 1 aromatic rings. The fraction of sp³-hybridized carbons (Fsp3) is 0.615. The van der Waals surface area contributed by atoms with E-state index in [9.17, 15) is 17.6 Å². The summed E-state index contributed by atoms with van der Waals surface area (Å²) in [6, 6.07) is 1.43. The molecule has 0 radical (unpaired) electrons. The third-order valence-corrected chi connectivity index (χ3v) is 3.39. The van der Waals surface area contributed by atoms with Crippen molar-refractivity contribution < 1.29 is 17.6 Å². The van der Waals surface area contributed by atoms with Crippen LogP contribution in [0.2, 0.25) is 0 Å². The first-order valence-corrected chi connectivity index (χ1v) is 6.31. The molecule has 0 spiro atoms. The summed E-state index contributed by atoms with van der Waals surface area (Å²) >= 11 is 0. The Kier molecular flexibility index (Phi) is 4.39. The lowest BCUT2D eigenvalue weighted by atomic mass is 9.85. The normalized spacial score (nSPS) is 16.7. The third kappa shape index (κ3) is 4.45. The molecule has 1 aromatic heterocycles. The van der Waals surface area contributed by atoms with Gasteiger partial charge in [0.1, 0.15) is 5.82 Å². The molecule has 0 amide bonds. The highest BCUT2D eigenvalue weighted by molar-refractivity contribution is 5.12. The van der Waals surface area contributed by atoms with Crippen molar-refractivity contribution in [1.29, 1.82) is 0 Å². The summed E-state index contributed by atoms with van der Waals surface area (Å²) in [5, 5.41) is 0. The molecule has 2 rings (SSSR count). The summed E-state index contributed by atoms with van der Waals surface area (Å²) in [6.07, 6.45) is 1.18. The number of rotatable bonds is 5. The van der Waals surface area contributed by atoms with Gasteiger partial charge >= 0.3 is 6.18 Å². The number of halogens is 4. The molecule has 1 saturated carbocycles. The van der Waals surface area contributed by atoms with Gasteiger partial charge < -0.3 is 0 Å². The Bertz CT molecular complexity index is 415. The van der Waals surface area contributed by atoms with Gasteiger partial charge in [-0.05, 0) is 24.8 Å². The highest BCUT2D eigenvalue weighted by atomic mass is 19.4. The van der Waals surface area contributed by atoms with Gasteiger partial charge in [-0.1, -0.05) is 6.42 Å². The Balaban J connectivity index is 2.01. The van der Waals surface area contributed by atoms with Crippen LogP contribution in [0.1, 0.15) is 24.8 Å². The van der Waals surface area contributed by atoms with E-state index in [0.29, 0.717) is 12.5 Å². The Morgan fingerprint density at radius 3 is 2.58 bits per heavy atom. The van der Waals surface area contributed by atoms with E-state index >= 15 is 0 Å². The van der Waals surface area contributed by atoms with Gasteiger partial charge in [0.05, 0.1) is 12.7 Å². The first-order valence-electron chi connectivity index (χ1n) is 6.31. The van der Waals surface area contributed by atoms with Crippen LogP contribution in [0.5, 0.6) is 0 Å². The van der Waals surface area contributed by atoms with Crippen LogP contribution in [0.25, 0.3) is 0 Å². The molecular weight excluding hydrogens is 260 g/mol. The second-order valence-corrected chi connectivity index (χ2v) is 5.05. The van der Waals surface area contributed by atoms with Crippen LogP contribution in [0.4, 0.5) is 17.6 Å². The SMILES string of the molecule is Fc1cnccc1CN(CC1CCC1)CC(F)(F)F. The molecule has 0 unspecified atom stereocenters. The molecule has 0 saturated heterocycles. The molecule has 0 bridgehead atoms. The zero-order chi connectivity index (χ0) is 13.9. The summed E-state index contributed by atoms with van der Waals surface area (Å²) in [4.78, 5) is 4.88. The quantitative estimate of drug-likeness (QED) is 0.766. The van der Waals surface area contributed by atoms with Crippen LogP contribution in [-0.2, 0) is 6.54 Å². The van der Waals surface area contributed by atoms with Crippen molar-refractivity contribution in [2.45, 2.75) is 32.0 Å². The summed E-state index contributed by atoms with van der Waals surface area (Å²) in [5.41, 5.74) is 0.263. The Labute approximate surface area is 109 Å². The van der Waals surface area contributed by atoms with E-state index in [4.69, 9.17) is 0 Å². The predicted octanol–water partition coefficient (Wildman–Crippen LogP) is 3.39. The minimum atomic E-state index is -4.26. The lowest BCUT2D eigenvalue weighted by Gasteiger charge is -2.32. The molecule has 0 atom stereocenters. The number of aromatic nitrogens is 1.